The first-order chi connectivity index (χ1) is 19.8. The number of rotatable bonds is 5. The van der Waals surface area contributed by atoms with Crippen LogP contribution < -0.4 is 4.90 Å². The summed E-state index contributed by atoms with van der Waals surface area (Å²) in [6.07, 6.45) is -3.66. The Balaban J connectivity index is 1.63. The molecule has 5 rings (SSSR count). The molecule has 2 atom stereocenters. The summed E-state index contributed by atoms with van der Waals surface area (Å²) >= 11 is 0. The van der Waals surface area contributed by atoms with Gasteiger partial charge in [-0.2, -0.15) is 18.4 Å². The van der Waals surface area contributed by atoms with E-state index in [1.165, 1.54) is 36.2 Å². The van der Waals surface area contributed by atoms with E-state index < -0.39 is 52.1 Å². The van der Waals surface area contributed by atoms with Gasteiger partial charge in [-0.25, -0.2) is 13.2 Å². The number of nitrogens with zero attached hydrogens (tertiary/aromatic N) is 4. The van der Waals surface area contributed by atoms with Gasteiger partial charge in [0.2, 0.25) is 5.91 Å². The number of anilines is 1. The average molecular weight is 601 g/mol. The highest BCUT2D eigenvalue weighted by molar-refractivity contribution is 7.91. The minimum atomic E-state index is -4.68. The second-order valence-electron chi connectivity index (χ2n) is 10.6. The minimum absolute atomic E-state index is 0.0696. The maximum absolute atomic E-state index is 14.2. The van der Waals surface area contributed by atoms with Gasteiger partial charge in [0.15, 0.2) is 15.6 Å². The number of carbonyl (C=O) groups excluding carboxylic acids is 3. The van der Waals surface area contributed by atoms with Gasteiger partial charge in [0.05, 0.1) is 40.4 Å². The van der Waals surface area contributed by atoms with Crippen molar-refractivity contribution in [1.29, 1.82) is 5.26 Å². The molecule has 1 fully saturated rings. The van der Waals surface area contributed by atoms with Crippen molar-refractivity contribution in [2.45, 2.75) is 43.9 Å². The van der Waals surface area contributed by atoms with Crippen LogP contribution in [0.15, 0.2) is 59.8 Å². The summed E-state index contributed by atoms with van der Waals surface area (Å²) in [6, 6.07) is 9.99. The number of sulfone groups is 1. The second kappa shape index (κ2) is 10.9. The highest BCUT2D eigenvalue weighted by Crippen LogP contribution is 2.44. The van der Waals surface area contributed by atoms with Crippen molar-refractivity contribution in [3.63, 3.8) is 0 Å². The molecule has 42 heavy (non-hydrogen) atoms. The third-order valence-electron chi connectivity index (χ3n) is 7.96. The molecule has 0 spiro atoms. The van der Waals surface area contributed by atoms with Crippen molar-refractivity contribution >= 4 is 33.2 Å². The van der Waals surface area contributed by atoms with Crippen LogP contribution >= 0.6 is 0 Å². The molecular formula is C29H27F3N4O5S. The second-order valence-corrected chi connectivity index (χ2v) is 12.9. The van der Waals surface area contributed by atoms with Crippen LogP contribution in [-0.4, -0.2) is 67.1 Å². The van der Waals surface area contributed by atoms with Crippen LogP contribution in [0.5, 0.6) is 0 Å². The van der Waals surface area contributed by atoms with E-state index in [1.54, 1.807) is 12.1 Å². The molecule has 2 aliphatic heterocycles. The number of benzene rings is 2. The van der Waals surface area contributed by atoms with Gasteiger partial charge in [-0.3, -0.25) is 14.5 Å². The summed E-state index contributed by atoms with van der Waals surface area (Å²) in [5.74, 6) is -1.17. The number of carbonyl (C=O) groups is 3. The van der Waals surface area contributed by atoms with Crippen LogP contribution in [0.25, 0.3) is 0 Å². The van der Waals surface area contributed by atoms with Crippen LogP contribution in [0.4, 0.5) is 23.7 Å². The summed E-state index contributed by atoms with van der Waals surface area (Å²) in [5.41, 5.74) is 0.179. The molecular weight excluding hydrogens is 573 g/mol. The van der Waals surface area contributed by atoms with E-state index >= 15 is 0 Å². The van der Waals surface area contributed by atoms with Crippen molar-refractivity contribution in [3.8, 4) is 6.07 Å². The first-order valence-corrected chi connectivity index (χ1v) is 15.1. The fraction of sp³-hybridized carbons (Fsp3) is 0.379. The molecule has 13 heteroatoms. The standard InChI is InChI=1S/C29H27F3N4O5S/c1-34(22-12-13-42(40,41)17-22)25(38)16-35-27(19-10-8-18(15-33)9-11-19)26-23(6-3-7-24(26)37)36(28(35)39)21-5-2-4-20(14-21)29(30,31)32/h2,4-5,8-11,14,22,27H,3,6-7,12-13,16-17H2,1H3. The van der Waals surface area contributed by atoms with Gasteiger partial charge in [-0.05, 0) is 55.2 Å². The fourth-order valence-electron chi connectivity index (χ4n) is 5.77. The number of urea groups is 1. The monoisotopic (exact) mass is 600 g/mol. The van der Waals surface area contributed by atoms with E-state index in [9.17, 15) is 41.2 Å². The van der Waals surface area contributed by atoms with Gasteiger partial charge in [0, 0.05) is 30.8 Å². The van der Waals surface area contributed by atoms with Gasteiger partial charge in [0.25, 0.3) is 0 Å². The Kier molecular flexibility index (Phi) is 7.61. The van der Waals surface area contributed by atoms with Gasteiger partial charge >= 0.3 is 12.2 Å². The Morgan fingerprint density at radius 2 is 1.83 bits per heavy atom. The predicted octanol–water partition coefficient (Wildman–Crippen LogP) is 4.21. The topological polar surface area (TPSA) is 119 Å². The SMILES string of the molecule is CN(C(=O)CN1C(=O)N(c2cccc(C(F)(F)F)c2)C2=C(C(=O)CCC2)C1c1ccc(C#N)cc1)C1CCS(=O)(=O)C1. The molecule has 3 aliphatic rings. The van der Waals surface area contributed by atoms with Gasteiger partial charge < -0.3 is 9.80 Å². The number of Topliss-reactive ketones (excluding diaryl/α,β-unsaturated/α-hetero) is 1. The molecule has 0 N–H and O–H groups in total. The molecule has 1 saturated heterocycles. The number of hydrogen-bond acceptors (Lipinski definition) is 6. The molecule has 3 amide bonds. The Morgan fingerprint density at radius 1 is 1.12 bits per heavy atom. The summed E-state index contributed by atoms with van der Waals surface area (Å²) in [6.45, 7) is -0.559. The number of hydrogen-bond donors (Lipinski definition) is 0. The Hall–Kier alpha value is -4.18. The smallest absolute Gasteiger partial charge is 0.340 e. The maximum Gasteiger partial charge on any atom is 0.416 e. The number of ketones is 1. The average Bonchev–Trinajstić information content (AvgIpc) is 3.32. The van der Waals surface area contributed by atoms with E-state index in [1.807, 2.05) is 6.07 Å². The number of amides is 3. The molecule has 0 aromatic heterocycles. The third kappa shape index (κ3) is 5.51. The Morgan fingerprint density at radius 3 is 2.45 bits per heavy atom. The summed E-state index contributed by atoms with van der Waals surface area (Å²) in [7, 11) is -1.87. The van der Waals surface area contributed by atoms with Crippen LogP contribution in [0.1, 0.15) is 48.4 Å². The predicted molar refractivity (Wildman–Crippen MR) is 146 cm³/mol. The molecule has 1 aliphatic carbocycles. The van der Waals surface area contributed by atoms with Crippen molar-refractivity contribution in [2.24, 2.45) is 0 Å². The van der Waals surface area contributed by atoms with Crippen molar-refractivity contribution in [2.75, 3.05) is 30.0 Å². The normalized spacial score (nSPS) is 22.2. The molecule has 0 radical (unpaired) electrons. The highest BCUT2D eigenvalue weighted by atomic mass is 32.2. The maximum atomic E-state index is 14.2. The lowest BCUT2D eigenvalue weighted by Crippen LogP contribution is -2.55. The number of alkyl halides is 3. The number of nitriles is 1. The van der Waals surface area contributed by atoms with E-state index in [4.69, 9.17) is 0 Å². The summed E-state index contributed by atoms with van der Waals surface area (Å²) in [4.78, 5) is 44.7. The van der Waals surface area contributed by atoms with Gasteiger partial charge in [0.1, 0.15) is 6.54 Å². The van der Waals surface area contributed by atoms with Gasteiger partial charge in [-0.15, -0.1) is 0 Å². The lowest BCUT2D eigenvalue weighted by molar-refractivity contribution is -0.137. The molecule has 2 heterocycles. The molecule has 220 valence electrons. The summed E-state index contributed by atoms with van der Waals surface area (Å²) < 4.78 is 64.9. The number of halogens is 3. The van der Waals surface area contributed by atoms with Crippen LogP contribution in [-0.2, 0) is 25.6 Å². The Labute approximate surface area is 240 Å². The van der Waals surface area contributed by atoms with Crippen molar-refractivity contribution < 1.29 is 36.0 Å². The van der Waals surface area contributed by atoms with E-state index in [-0.39, 0.29) is 53.5 Å². The lowest BCUT2D eigenvalue weighted by Gasteiger charge is -2.45. The van der Waals surface area contributed by atoms with Crippen LogP contribution in [0, 0.1) is 11.3 Å². The molecule has 0 bridgehead atoms. The first-order valence-electron chi connectivity index (χ1n) is 13.3. The van der Waals surface area contributed by atoms with Crippen LogP contribution in [0.2, 0.25) is 0 Å². The zero-order valence-corrected chi connectivity index (χ0v) is 23.4. The highest BCUT2D eigenvalue weighted by Gasteiger charge is 2.46. The van der Waals surface area contributed by atoms with E-state index in [0.717, 1.165) is 21.9 Å². The Bertz CT molecular complexity index is 1630. The molecule has 2 aromatic rings. The lowest BCUT2D eigenvalue weighted by atomic mass is 9.83. The van der Waals surface area contributed by atoms with E-state index in [2.05, 4.69) is 0 Å². The molecule has 2 aromatic carbocycles. The van der Waals surface area contributed by atoms with Crippen molar-refractivity contribution in [1.82, 2.24) is 9.80 Å². The number of likely N-dealkylation sites (N-methyl/N-ethyl adjacent to an activating group) is 1. The molecule has 0 saturated carbocycles. The minimum Gasteiger partial charge on any atom is -0.340 e. The largest absolute Gasteiger partial charge is 0.416 e. The van der Waals surface area contributed by atoms with Crippen molar-refractivity contribution in [3.05, 3.63) is 76.5 Å². The zero-order valence-electron chi connectivity index (χ0n) is 22.6. The van der Waals surface area contributed by atoms with E-state index in [0.29, 0.717) is 17.5 Å². The fourth-order valence-corrected chi connectivity index (χ4v) is 7.55. The zero-order chi connectivity index (χ0) is 30.4. The quantitative estimate of drug-likeness (QED) is 0.507. The molecule has 9 nitrogen and oxygen atoms in total. The summed E-state index contributed by atoms with van der Waals surface area (Å²) in [5, 5.41) is 9.27. The number of allylic oxidation sites excluding steroid dienone is 1. The van der Waals surface area contributed by atoms with Crippen LogP contribution in [0.3, 0.4) is 0 Å². The van der Waals surface area contributed by atoms with Gasteiger partial charge in [-0.1, -0.05) is 18.2 Å². The first kappa shape index (κ1) is 29.3. The third-order valence-corrected chi connectivity index (χ3v) is 9.71. The molecule has 2 unspecified atom stereocenters.